The summed E-state index contributed by atoms with van der Waals surface area (Å²) in [5, 5.41) is 0. The summed E-state index contributed by atoms with van der Waals surface area (Å²) in [5.74, 6) is -0.662. The highest BCUT2D eigenvalue weighted by Gasteiger charge is 2.24. The lowest BCUT2D eigenvalue weighted by atomic mass is 10.1. The van der Waals surface area contributed by atoms with Crippen LogP contribution in [0.5, 0.6) is 0 Å². The maximum atomic E-state index is 12.0. The smallest absolute Gasteiger partial charge is 0.363 e. The number of hydrogen-bond donors (Lipinski definition) is 0. The largest absolute Gasteiger partial charge is 0.465 e. The Bertz CT molecular complexity index is 869. The van der Waals surface area contributed by atoms with E-state index in [1.54, 1.807) is 30.3 Å². The molecule has 0 atom stereocenters. The highest BCUT2D eigenvalue weighted by Crippen LogP contribution is 2.21. The van der Waals surface area contributed by atoms with Crippen molar-refractivity contribution in [1.29, 1.82) is 0 Å². The van der Waals surface area contributed by atoms with Crippen LogP contribution in [0, 0.1) is 0 Å². The van der Waals surface area contributed by atoms with Crippen LogP contribution in [0.1, 0.15) is 21.5 Å². The number of rotatable bonds is 3. The van der Waals surface area contributed by atoms with Crippen molar-refractivity contribution in [2.45, 2.75) is 0 Å². The zero-order valence-corrected chi connectivity index (χ0v) is 14.2. The molecule has 2 aromatic rings. The summed E-state index contributed by atoms with van der Waals surface area (Å²) in [7, 11) is 1.32. The summed E-state index contributed by atoms with van der Waals surface area (Å²) in [6.45, 7) is 0. The first-order chi connectivity index (χ1) is 11.6. The van der Waals surface area contributed by atoms with Gasteiger partial charge in [-0.25, -0.2) is 14.6 Å². The van der Waals surface area contributed by atoms with Crippen LogP contribution in [0.25, 0.3) is 6.08 Å². The summed E-state index contributed by atoms with van der Waals surface area (Å²) in [6, 6.07) is 14.0. The third-order valence-electron chi connectivity index (χ3n) is 3.33. The van der Waals surface area contributed by atoms with Crippen molar-refractivity contribution in [3.8, 4) is 0 Å². The van der Waals surface area contributed by atoms with Crippen molar-refractivity contribution in [1.82, 2.24) is 0 Å². The standard InChI is InChI=1S/C18H12BrNO4/c1-23-17(21)12-7-5-11(6-8-12)9-15-18(22)24-16(20-15)13-3-2-4-14(19)10-13/h2-10H,1H3. The van der Waals surface area contributed by atoms with E-state index in [4.69, 9.17) is 4.74 Å². The number of cyclic esters (lactones) is 1. The average molecular weight is 386 g/mol. The molecule has 120 valence electrons. The molecule has 0 aromatic heterocycles. The van der Waals surface area contributed by atoms with Gasteiger partial charge in [-0.15, -0.1) is 0 Å². The zero-order valence-electron chi connectivity index (χ0n) is 12.7. The van der Waals surface area contributed by atoms with Gasteiger partial charge >= 0.3 is 11.9 Å². The Morgan fingerprint density at radius 3 is 2.62 bits per heavy atom. The van der Waals surface area contributed by atoms with E-state index in [1.807, 2.05) is 24.3 Å². The number of hydrogen-bond acceptors (Lipinski definition) is 5. The van der Waals surface area contributed by atoms with Crippen LogP contribution in [-0.2, 0) is 14.3 Å². The third-order valence-corrected chi connectivity index (χ3v) is 3.82. The Hall–Kier alpha value is -2.73. The quantitative estimate of drug-likeness (QED) is 0.598. The first-order valence-corrected chi connectivity index (χ1v) is 7.83. The van der Waals surface area contributed by atoms with E-state index in [-0.39, 0.29) is 11.6 Å². The van der Waals surface area contributed by atoms with E-state index in [0.29, 0.717) is 11.1 Å². The minimum Gasteiger partial charge on any atom is -0.465 e. The van der Waals surface area contributed by atoms with Crippen LogP contribution in [-0.4, -0.2) is 24.9 Å². The third kappa shape index (κ3) is 3.44. The Morgan fingerprint density at radius 1 is 1.21 bits per heavy atom. The van der Waals surface area contributed by atoms with Gasteiger partial charge in [-0.05, 0) is 42.0 Å². The predicted molar refractivity (Wildman–Crippen MR) is 92.5 cm³/mol. The summed E-state index contributed by atoms with van der Waals surface area (Å²) in [5.41, 5.74) is 2.08. The topological polar surface area (TPSA) is 65.0 Å². The van der Waals surface area contributed by atoms with Crippen LogP contribution in [0.4, 0.5) is 0 Å². The second kappa shape index (κ2) is 6.80. The number of benzene rings is 2. The van der Waals surface area contributed by atoms with Crippen LogP contribution < -0.4 is 0 Å². The molecule has 1 heterocycles. The van der Waals surface area contributed by atoms with E-state index >= 15 is 0 Å². The van der Waals surface area contributed by atoms with E-state index in [1.165, 1.54) is 7.11 Å². The minimum absolute atomic E-state index is 0.204. The van der Waals surface area contributed by atoms with Crippen LogP contribution >= 0.6 is 15.9 Å². The average Bonchev–Trinajstić information content (AvgIpc) is 2.96. The molecule has 0 spiro atoms. The second-order valence-corrected chi connectivity index (χ2v) is 5.88. The highest BCUT2D eigenvalue weighted by atomic mass is 79.9. The molecule has 24 heavy (non-hydrogen) atoms. The van der Waals surface area contributed by atoms with E-state index in [2.05, 4.69) is 25.7 Å². The summed E-state index contributed by atoms with van der Waals surface area (Å²) < 4.78 is 10.7. The van der Waals surface area contributed by atoms with Gasteiger partial charge in [0, 0.05) is 10.0 Å². The van der Waals surface area contributed by atoms with Crippen LogP contribution in [0.3, 0.4) is 0 Å². The number of aliphatic imine (C=N–C) groups is 1. The molecule has 0 radical (unpaired) electrons. The molecule has 1 aliphatic heterocycles. The molecule has 0 bridgehead atoms. The molecule has 1 aliphatic rings. The van der Waals surface area contributed by atoms with Gasteiger partial charge in [0.15, 0.2) is 5.70 Å². The fraction of sp³-hybridized carbons (Fsp3) is 0.0556. The van der Waals surface area contributed by atoms with Crippen molar-refractivity contribution in [3.63, 3.8) is 0 Å². The maximum Gasteiger partial charge on any atom is 0.363 e. The highest BCUT2D eigenvalue weighted by molar-refractivity contribution is 9.10. The Kier molecular flexibility index (Phi) is 4.57. The fourth-order valence-corrected chi connectivity index (χ4v) is 2.54. The van der Waals surface area contributed by atoms with E-state index in [0.717, 1.165) is 10.0 Å². The van der Waals surface area contributed by atoms with Crippen LogP contribution in [0.15, 0.2) is 63.7 Å². The molecule has 2 aromatic carbocycles. The SMILES string of the molecule is COC(=O)c1ccc(C=C2N=C(c3cccc(Br)c3)OC2=O)cc1. The number of methoxy groups -OCH3 is 1. The predicted octanol–water partition coefficient (Wildman–Crippen LogP) is 3.58. The second-order valence-electron chi connectivity index (χ2n) is 4.96. The molecule has 0 fully saturated rings. The normalized spacial score (nSPS) is 15.2. The summed E-state index contributed by atoms with van der Waals surface area (Å²) in [4.78, 5) is 27.6. The number of esters is 2. The lowest BCUT2D eigenvalue weighted by Crippen LogP contribution is -2.05. The molecule has 3 rings (SSSR count). The lowest BCUT2D eigenvalue weighted by molar-refractivity contribution is -0.129. The number of carbonyl (C=O) groups is 2. The van der Waals surface area contributed by atoms with Crippen LogP contribution in [0.2, 0.25) is 0 Å². The first-order valence-electron chi connectivity index (χ1n) is 7.04. The van der Waals surface area contributed by atoms with Gasteiger partial charge in [0.25, 0.3) is 0 Å². The molecule has 6 heteroatoms. The van der Waals surface area contributed by atoms with Crippen molar-refractivity contribution >= 4 is 39.8 Å². The summed E-state index contributed by atoms with van der Waals surface area (Å²) >= 11 is 3.37. The van der Waals surface area contributed by atoms with E-state index in [9.17, 15) is 9.59 Å². The Morgan fingerprint density at radius 2 is 1.96 bits per heavy atom. The van der Waals surface area contributed by atoms with Crippen molar-refractivity contribution in [2.75, 3.05) is 7.11 Å². The molecule has 0 saturated carbocycles. The monoisotopic (exact) mass is 385 g/mol. The summed E-state index contributed by atoms with van der Waals surface area (Å²) in [6.07, 6.45) is 1.61. The minimum atomic E-state index is -0.512. The van der Waals surface area contributed by atoms with E-state index < -0.39 is 11.9 Å². The van der Waals surface area contributed by atoms with Gasteiger partial charge in [-0.3, -0.25) is 0 Å². The van der Waals surface area contributed by atoms with Gasteiger partial charge in [-0.2, -0.15) is 0 Å². The molecular weight excluding hydrogens is 374 g/mol. The van der Waals surface area contributed by atoms with Gasteiger partial charge in [-0.1, -0.05) is 34.1 Å². The maximum absolute atomic E-state index is 12.0. The number of carbonyl (C=O) groups excluding carboxylic acids is 2. The molecule has 5 nitrogen and oxygen atoms in total. The fourth-order valence-electron chi connectivity index (χ4n) is 2.15. The molecular formula is C18H12BrNO4. The van der Waals surface area contributed by atoms with Crippen molar-refractivity contribution in [2.24, 2.45) is 4.99 Å². The van der Waals surface area contributed by atoms with Crippen molar-refractivity contribution in [3.05, 3.63) is 75.4 Å². The molecule has 0 N–H and O–H groups in total. The first kappa shape index (κ1) is 16.1. The molecule has 0 amide bonds. The van der Waals surface area contributed by atoms with Gasteiger partial charge in [0.2, 0.25) is 5.90 Å². The Balaban J connectivity index is 1.87. The number of nitrogens with zero attached hydrogens (tertiary/aromatic N) is 1. The number of ether oxygens (including phenoxy) is 2. The Labute approximate surface area is 146 Å². The number of halogens is 1. The molecule has 0 aliphatic carbocycles. The molecule has 0 saturated heterocycles. The zero-order chi connectivity index (χ0) is 17.1. The lowest BCUT2D eigenvalue weighted by Gasteiger charge is -1.99. The van der Waals surface area contributed by atoms with Crippen molar-refractivity contribution < 1.29 is 19.1 Å². The van der Waals surface area contributed by atoms with Gasteiger partial charge in [0.1, 0.15) is 0 Å². The van der Waals surface area contributed by atoms with Gasteiger partial charge < -0.3 is 9.47 Å². The van der Waals surface area contributed by atoms with Gasteiger partial charge in [0.05, 0.1) is 12.7 Å². The molecule has 0 unspecified atom stereocenters.